The SMILES string of the molecule is CC(C)(C)C1CCc2c(sc(NC(=O)c3cc(I)ccc3Cl)c2C#N)C1. The zero-order valence-corrected chi connectivity index (χ0v) is 18.7. The van der Waals surface area contributed by atoms with Crippen LogP contribution in [0, 0.1) is 26.2 Å². The number of fused-ring (bicyclic) bond motifs is 1. The van der Waals surface area contributed by atoms with Gasteiger partial charge in [-0.3, -0.25) is 4.79 Å². The molecule has 0 bridgehead atoms. The van der Waals surface area contributed by atoms with Crippen molar-refractivity contribution in [1.82, 2.24) is 0 Å². The Morgan fingerprint density at radius 3 is 2.81 bits per heavy atom. The number of carbonyl (C=O) groups excluding carboxylic acids is 1. The van der Waals surface area contributed by atoms with Crippen LogP contribution < -0.4 is 5.32 Å². The second kappa shape index (κ2) is 7.49. The highest BCUT2D eigenvalue weighted by Crippen LogP contribution is 2.44. The summed E-state index contributed by atoms with van der Waals surface area (Å²) >= 11 is 9.87. The zero-order valence-electron chi connectivity index (χ0n) is 15.0. The first-order valence-corrected chi connectivity index (χ1v) is 10.8. The van der Waals surface area contributed by atoms with Crippen molar-refractivity contribution in [3.8, 4) is 6.07 Å². The van der Waals surface area contributed by atoms with E-state index in [1.807, 2.05) is 6.07 Å². The third kappa shape index (κ3) is 3.92. The fourth-order valence-corrected chi connectivity index (χ4v) is 5.34. The van der Waals surface area contributed by atoms with E-state index in [1.165, 1.54) is 4.88 Å². The van der Waals surface area contributed by atoms with Crippen molar-refractivity contribution in [1.29, 1.82) is 5.26 Å². The first-order chi connectivity index (χ1) is 12.2. The van der Waals surface area contributed by atoms with Crippen molar-refractivity contribution in [2.45, 2.75) is 40.0 Å². The molecule has 136 valence electrons. The van der Waals surface area contributed by atoms with Gasteiger partial charge >= 0.3 is 0 Å². The molecule has 1 aromatic heterocycles. The van der Waals surface area contributed by atoms with Gasteiger partial charge in [-0.2, -0.15) is 5.26 Å². The lowest BCUT2D eigenvalue weighted by Crippen LogP contribution is -2.26. The topological polar surface area (TPSA) is 52.9 Å². The fourth-order valence-electron chi connectivity index (χ4n) is 3.37. The molecule has 1 amide bonds. The van der Waals surface area contributed by atoms with Gasteiger partial charge in [0.1, 0.15) is 11.1 Å². The summed E-state index contributed by atoms with van der Waals surface area (Å²) in [5.74, 6) is 0.324. The molecule has 0 saturated carbocycles. The molecule has 3 nitrogen and oxygen atoms in total. The first-order valence-electron chi connectivity index (χ1n) is 8.51. The van der Waals surface area contributed by atoms with E-state index in [0.29, 0.717) is 27.1 Å². The summed E-state index contributed by atoms with van der Waals surface area (Å²) in [6, 6.07) is 7.64. The van der Waals surface area contributed by atoms with Crippen LogP contribution in [0.3, 0.4) is 0 Å². The number of nitriles is 1. The molecule has 0 aliphatic heterocycles. The van der Waals surface area contributed by atoms with Crippen LogP contribution in [0.1, 0.15) is 53.6 Å². The van der Waals surface area contributed by atoms with Gasteiger partial charge in [-0.1, -0.05) is 32.4 Å². The van der Waals surface area contributed by atoms with Gasteiger partial charge in [-0.05, 0) is 76.9 Å². The van der Waals surface area contributed by atoms with E-state index in [2.05, 4.69) is 54.7 Å². The van der Waals surface area contributed by atoms with Gasteiger partial charge in [-0.15, -0.1) is 11.3 Å². The molecule has 1 aromatic carbocycles. The Bertz CT molecular complexity index is 908. The molecule has 1 aliphatic rings. The number of hydrogen-bond acceptors (Lipinski definition) is 3. The van der Waals surface area contributed by atoms with E-state index in [1.54, 1.807) is 23.5 Å². The molecule has 3 rings (SSSR count). The Labute approximate surface area is 176 Å². The highest BCUT2D eigenvalue weighted by Gasteiger charge is 2.32. The molecule has 26 heavy (non-hydrogen) atoms. The second-order valence-corrected chi connectivity index (χ2v) is 10.5. The molecule has 1 atom stereocenters. The maximum absolute atomic E-state index is 12.7. The monoisotopic (exact) mass is 498 g/mol. The van der Waals surface area contributed by atoms with E-state index in [4.69, 9.17) is 11.6 Å². The van der Waals surface area contributed by atoms with Gasteiger partial charge in [0.05, 0.1) is 16.1 Å². The molecule has 1 N–H and O–H groups in total. The molecule has 1 aliphatic carbocycles. The van der Waals surface area contributed by atoms with Gasteiger partial charge in [0.2, 0.25) is 0 Å². The smallest absolute Gasteiger partial charge is 0.257 e. The molecule has 0 saturated heterocycles. The van der Waals surface area contributed by atoms with Crippen LogP contribution in [-0.4, -0.2) is 5.91 Å². The minimum absolute atomic E-state index is 0.242. The van der Waals surface area contributed by atoms with Crippen LogP contribution in [0.5, 0.6) is 0 Å². The maximum atomic E-state index is 12.7. The highest BCUT2D eigenvalue weighted by molar-refractivity contribution is 14.1. The number of nitrogens with one attached hydrogen (secondary N) is 1. The Morgan fingerprint density at radius 2 is 2.15 bits per heavy atom. The quantitative estimate of drug-likeness (QED) is 0.495. The molecule has 6 heteroatoms. The van der Waals surface area contributed by atoms with Crippen LogP contribution in [0.4, 0.5) is 5.00 Å². The Hall–Kier alpha value is -1.10. The Balaban J connectivity index is 1.90. The number of anilines is 1. The Morgan fingerprint density at radius 1 is 1.42 bits per heavy atom. The van der Waals surface area contributed by atoms with Gasteiger partial charge in [0.25, 0.3) is 5.91 Å². The Kier molecular flexibility index (Phi) is 5.66. The largest absolute Gasteiger partial charge is 0.312 e. The zero-order chi connectivity index (χ0) is 19.1. The lowest BCUT2D eigenvalue weighted by Gasteiger charge is -2.33. The number of rotatable bonds is 2. The third-order valence-electron chi connectivity index (χ3n) is 5.00. The minimum atomic E-state index is -0.268. The summed E-state index contributed by atoms with van der Waals surface area (Å²) in [7, 11) is 0. The van der Waals surface area contributed by atoms with Crippen molar-refractivity contribution in [3.05, 3.63) is 48.4 Å². The lowest BCUT2D eigenvalue weighted by atomic mass is 9.72. The lowest BCUT2D eigenvalue weighted by molar-refractivity contribution is 0.102. The van der Waals surface area contributed by atoms with E-state index in [0.717, 1.165) is 28.4 Å². The molecular weight excluding hydrogens is 479 g/mol. The van der Waals surface area contributed by atoms with Gasteiger partial charge in [0.15, 0.2) is 0 Å². The van der Waals surface area contributed by atoms with Crippen molar-refractivity contribution >= 4 is 56.4 Å². The van der Waals surface area contributed by atoms with E-state index < -0.39 is 0 Å². The molecule has 0 spiro atoms. The average molecular weight is 499 g/mol. The number of thiophene rings is 1. The maximum Gasteiger partial charge on any atom is 0.257 e. The molecule has 1 heterocycles. The average Bonchev–Trinajstić information content (AvgIpc) is 2.92. The summed E-state index contributed by atoms with van der Waals surface area (Å²) in [5.41, 5.74) is 2.41. The number of amides is 1. The van der Waals surface area contributed by atoms with Gasteiger partial charge < -0.3 is 5.32 Å². The van der Waals surface area contributed by atoms with Crippen LogP contribution >= 0.6 is 45.5 Å². The van der Waals surface area contributed by atoms with Crippen LogP contribution in [0.15, 0.2) is 18.2 Å². The third-order valence-corrected chi connectivity index (χ3v) is 7.17. The van der Waals surface area contributed by atoms with Crippen LogP contribution in [-0.2, 0) is 12.8 Å². The van der Waals surface area contributed by atoms with Crippen LogP contribution in [0.25, 0.3) is 0 Å². The molecular formula is C20H20ClIN2OS. The van der Waals surface area contributed by atoms with E-state index >= 15 is 0 Å². The fraction of sp³-hybridized carbons (Fsp3) is 0.400. The molecule has 1 unspecified atom stereocenters. The number of halogens is 2. The summed E-state index contributed by atoms with van der Waals surface area (Å²) in [4.78, 5) is 13.9. The van der Waals surface area contributed by atoms with E-state index in [-0.39, 0.29) is 11.3 Å². The van der Waals surface area contributed by atoms with E-state index in [9.17, 15) is 10.1 Å². The normalized spacial score (nSPS) is 16.7. The van der Waals surface area contributed by atoms with Gasteiger partial charge in [0, 0.05) is 8.45 Å². The minimum Gasteiger partial charge on any atom is -0.312 e. The van der Waals surface area contributed by atoms with Crippen molar-refractivity contribution in [2.75, 3.05) is 5.32 Å². The highest BCUT2D eigenvalue weighted by atomic mass is 127. The second-order valence-electron chi connectivity index (χ2n) is 7.70. The van der Waals surface area contributed by atoms with Gasteiger partial charge in [-0.25, -0.2) is 0 Å². The summed E-state index contributed by atoms with van der Waals surface area (Å²) < 4.78 is 0.941. The summed E-state index contributed by atoms with van der Waals surface area (Å²) in [5, 5.41) is 13.6. The standard InChI is InChI=1S/C20H20ClIN2OS/c1-20(2,3)11-4-6-13-15(10-23)19(26-17(13)8-11)24-18(25)14-9-12(22)5-7-16(14)21/h5,7,9,11H,4,6,8H2,1-3H3,(H,24,25). The predicted molar refractivity (Wildman–Crippen MR) is 116 cm³/mol. The number of carbonyl (C=O) groups is 1. The number of benzene rings is 1. The summed E-state index contributed by atoms with van der Waals surface area (Å²) in [6.45, 7) is 6.80. The predicted octanol–water partition coefficient (Wildman–Crippen LogP) is 6.28. The summed E-state index contributed by atoms with van der Waals surface area (Å²) in [6.07, 6.45) is 2.95. The first kappa shape index (κ1) is 19.7. The van der Waals surface area contributed by atoms with Crippen molar-refractivity contribution in [2.24, 2.45) is 11.3 Å². The molecule has 2 aromatic rings. The van der Waals surface area contributed by atoms with Crippen LogP contribution in [0.2, 0.25) is 5.02 Å². The molecule has 0 fully saturated rings. The number of hydrogen-bond donors (Lipinski definition) is 1. The molecule has 0 radical (unpaired) electrons. The van der Waals surface area contributed by atoms with Crippen molar-refractivity contribution in [3.63, 3.8) is 0 Å². The van der Waals surface area contributed by atoms with Crippen molar-refractivity contribution < 1.29 is 4.79 Å². The number of nitrogens with zero attached hydrogens (tertiary/aromatic N) is 1.